The van der Waals surface area contributed by atoms with E-state index in [2.05, 4.69) is 17.4 Å². The van der Waals surface area contributed by atoms with E-state index >= 15 is 0 Å². The highest BCUT2D eigenvalue weighted by atomic mass is 16.3. The van der Waals surface area contributed by atoms with Crippen molar-refractivity contribution in [2.24, 2.45) is 17.3 Å². The highest BCUT2D eigenvalue weighted by Gasteiger charge is 2.61. The van der Waals surface area contributed by atoms with Crippen molar-refractivity contribution in [2.45, 2.75) is 50.0 Å². The first-order chi connectivity index (χ1) is 10.6. The number of carbonyl (C=O) groups is 1. The SMILES string of the molecule is O=C(C1CNc2ccccc21)C12CC3CC(CC(O)(C3)C1)C2. The van der Waals surface area contributed by atoms with Gasteiger partial charge in [-0.2, -0.15) is 0 Å². The molecule has 22 heavy (non-hydrogen) atoms. The number of para-hydroxylation sites is 1. The third kappa shape index (κ3) is 1.69. The van der Waals surface area contributed by atoms with Crippen molar-refractivity contribution in [2.75, 3.05) is 11.9 Å². The first-order valence-corrected chi connectivity index (χ1v) is 8.67. The van der Waals surface area contributed by atoms with E-state index in [0.29, 0.717) is 24.0 Å². The average molecular weight is 297 g/mol. The summed E-state index contributed by atoms with van der Waals surface area (Å²) in [6, 6.07) is 8.20. The number of anilines is 1. The van der Waals surface area contributed by atoms with Crippen LogP contribution in [0.1, 0.15) is 50.0 Å². The van der Waals surface area contributed by atoms with E-state index in [1.54, 1.807) is 0 Å². The van der Waals surface area contributed by atoms with E-state index in [9.17, 15) is 9.90 Å². The lowest BCUT2D eigenvalue weighted by Crippen LogP contribution is -2.59. The molecular formula is C19H23NO2. The molecular weight excluding hydrogens is 274 g/mol. The fourth-order valence-corrected chi connectivity index (χ4v) is 6.39. The summed E-state index contributed by atoms with van der Waals surface area (Å²) < 4.78 is 0. The lowest BCUT2D eigenvalue weighted by Gasteiger charge is -2.59. The average Bonchev–Trinajstić information content (AvgIpc) is 2.87. The standard InChI is InChI=1S/C19H23NO2/c21-17(15-10-20-16-4-2-1-3-14(15)16)18-6-12-5-13(7-18)9-19(22,8-12)11-18/h1-4,12-13,15,20,22H,5-11H2. The van der Waals surface area contributed by atoms with Crippen LogP contribution in [-0.4, -0.2) is 23.0 Å². The van der Waals surface area contributed by atoms with Gasteiger partial charge in [0, 0.05) is 17.6 Å². The normalized spacial score (nSPS) is 44.7. The van der Waals surface area contributed by atoms with Crippen molar-refractivity contribution in [3.8, 4) is 0 Å². The van der Waals surface area contributed by atoms with E-state index in [0.717, 1.165) is 43.5 Å². The van der Waals surface area contributed by atoms with E-state index in [1.807, 2.05) is 12.1 Å². The van der Waals surface area contributed by atoms with Gasteiger partial charge < -0.3 is 10.4 Å². The summed E-state index contributed by atoms with van der Waals surface area (Å²) in [4.78, 5) is 13.5. The Morgan fingerprint density at radius 3 is 2.59 bits per heavy atom. The maximum Gasteiger partial charge on any atom is 0.148 e. The summed E-state index contributed by atoms with van der Waals surface area (Å²) in [5, 5.41) is 14.3. The first kappa shape index (κ1) is 13.1. The summed E-state index contributed by atoms with van der Waals surface area (Å²) in [5.41, 5.74) is 1.48. The van der Waals surface area contributed by atoms with Crippen molar-refractivity contribution >= 4 is 11.5 Å². The number of aliphatic hydroxyl groups is 1. The largest absolute Gasteiger partial charge is 0.390 e. The van der Waals surface area contributed by atoms with Gasteiger partial charge in [0.1, 0.15) is 5.78 Å². The molecule has 1 heterocycles. The molecule has 0 spiro atoms. The second kappa shape index (κ2) is 4.14. The fourth-order valence-electron chi connectivity index (χ4n) is 6.39. The molecule has 6 rings (SSSR count). The van der Waals surface area contributed by atoms with Crippen LogP contribution in [0.15, 0.2) is 24.3 Å². The molecule has 1 aromatic rings. The molecule has 0 amide bonds. The summed E-state index contributed by atoms with van der Waals surface area (Å²) in [6.07, 6.45) is 5.84. The van der Waals surface area contributed by atoms with E-state index in [1.165, 1.54) is 6.42 Å². The van der Waals surface area contributed by atoms with Crippen molar-refractivity contribution in [1.29, 1.82) is 0 Å². The maximum absolute atomic E-state index is 13.5. The second-order valence-corrected chi connectivity index (χ2v) is 8.35. The third-order valence-electron chi connectivity index (χ3n) is 6.70. The van der Waals surface area contributed by atoms with Crippen LogP contribution in [0.3, 0.4) is 0 Å². The predicted molar refractivity (Wildman–Crippen MR) is 84.7 cm³/mol. The van der Waals surface area contributed by atoms with E-state index < -0.39 is 5.60 Å². The molecule has 3 unspecified atom stereocenters. The van der Waals surface area contributed by atoms with Gasteiger partial charge in [-0.25, -0.2) is 0 Å². The predicted octanol–water partition coefficient (Wildman–Crippen LogP) is 3.10. The number of nitrogens with one attached hydrogen (secondary N) is 1. The van der Waals surface area contributed by atoms with Gasteiger partial charge in [-0.1, -0.05) is 18.2 Å². The minimum Gasteiger partial charge on any atom is -0.390 e. The number of hydrogen-bond acceptors (Lipinski definition) is 3. The van der Waals surface area contributed by atoms with Gasteiger partial charge in [0.15, 0.2) is 0 Å². The van der Waals surface area contributed by atoms with Crippen LogP contribution < -0.4 is 5.32 Å². The van der Waals surface area contributed by atoms with Gasteiger partial charge in [-0.15, -0.1) is 0 Å². The van der Waals surface area contributed by atoms with Crippen molar-refractivity contribution < 1.29 is 9.90 Å². The number of fused-ring (bicyclic) bond motifs is 1. The molecule has 116 valence electrons. The lowest BCUT2D eigenvalue weighted by molar-refractivity contribution is -0.177. The number of rotatable bonds is 2. The topological polar surface area (TPSA) is 49.3 Å². The first-order valence-electron chi connectivity index (χ1n) is 8.67. The molecule has 4 aliphatic carbocycles. The third-order valence-corrected chi connectivity index (χ3v) is 6.70. The number of benzene rings is 1. The Labute approximate surface area is 131 Å². The lowest BCUT2D eigenvalue weighted by atomic mass is 9.46. The van der Waals surface area contributed by atoms with Crippen LogP contribution in [0, 0.1) is 17.3 Å². The van der Waals surface area contributed by atoms with Crippen LogP contribution in [0.4, 0.5) is 5.69 Å². The molecule has 4 bridgehead atoms. The zero-order valence-electron chi connectivity index (χ0n) is 12.8. The smallest absolute Gasteiger partial charge is 0.148 e. The Balaban J connectivity index is 1.51. The van der Waals surface area contributed by atoms with Gasteiger partial charge in [0.05, 0.1) is 11.5 Å². The van der Waals surface area contributed by atoms with Gasteiger partial charge in [-0.05, 0) is 62.0 Å². The molecule has 0 aromatic heterocycles. The van der Waals surface area contributed by atoms with Crippen LogP contribution in [0.2, 0.25) is 0 Å². The quantitative estimate of drug-likeness (QED) is 0.882. The molecule has 5 aliphatic rings. The van der Waals surface area contributed by atoms with Gasteiger partial charge in [0.2, 0.25) is 0 Å². The molecule has 1 aliphatic heterocycles. The molecule has 3 nitrogen and oxygen atoms in total. The molecule has 3 atom stereocenters. The molecule has 0 radical (unpaired) electrons. The molecule has 4 fully saturated rings. The molecule has 3 heteroatoms. The molecule has 0 saturated heterocycles. The van der Waals surface area contributed by atoms with Crippen molar-refractivity contribution in [3.63, 3.8) is 0 Å². The highest BCUT2D eigenvalue weighted by molar-refractivity contribution is 5.94. The molecule has 1 aromatic carbocycles. The van der Waals surface area contributed by atoms with Gasteiger partial charge in [-0.3, -0.25) is 4.79 Å². The van der Waals surface area contributed by atoms with Gasteiger partial charge >= 0.3 is 0 Å². The van der Waals surface area contributed by atoms with E-state index in [4.69, 9.17) is 0 Å². The van der Waals surface area contributed by atoms with Crippen molar-refractivity contribution in [3.05, 3.63) is 29.8 Å². The summed E-state index contributed by atoms with van der Waals surface area (Å²) in [7, 11) is 0. The Bertz CT molecular complexity index is 639. The Hall–Kier alpha value is -1.35. The van der Waals surface area contributed by atoms with Crippen LogP contribution in [-0.2, 0) is 4.79 Å². The monoisotopic (exact) mass is 297 g/mol. The second-order valence-electron chi connectivity index (χ2n) is 8.35. The van der Waals surface area contributed by atoms with E-state index in [-0.39, 0.29) is 11.3 Å². The van der Waals surface area contributed by atoms with Crippen LogP contribution in [0.25, 0.3) is 0 Å². The van der Waals surface area contributed by atoms with Crippen LogP contribution in [0.5, 0.6) is 0 Å². The van der Waals surface area contributed by atoms with Gasteiger partial charge in [0.25, 0.3) is 0 Å². The zero-order chi connectivity index (χ0) is 14.9. The maximum atomic E-state index is 13.5. The minimum atomic E-state index is -0.550. The zero-order valence-corrected chi connectivity index (χ0v) is 12.8. The Morgan fingerprint density at radius 1 is 1.14 bits per heavy atom. The number of Topliss-reactive ketones (excluding diaryl/α,β-unsaturated/α-hetero) is 1. The minimum absolute atomic E-state index is 0.0175. The molecule has 2 N–H and O–H groups in total. The number of carbonyl (C=O) groups excluding carboxylic acids is 1. The Morgan fingerprint density at radius 2 is 1.86 bits per heavy atom. The van der Waals surface area contributed by atoms with Crippen molar-refractivity contribution in [1.82, 2.24) is 0 Å². The summed E-state index contributed by atoms with van der Waals surface area (Å²) in [6.45, 7) is 0.730. The highest BCUT2D eigenvalue weighted by Crippen LogP contribution is 2.63. The molecule has 4 saturated carbocycles. The number of ketones is 1. The summed E-state index contributed by atoms with van der Waals surface area (Å²) >= 11 is 0. The number of hydrogen-bond donors (Lipinski definition) is 2. The Kier molecular flexibility index (Phi) is 2.47. The fraction of sp³-hybridized carbons (Fsp3) is 0.632. The van der Waals surface area contributed by atoms with Crippen LogP contribution >= 0.6 is 0 Å². The summed E-state index contributed by atoms with van der Waals surface area (Å²) in [5.74, 6) is 1.52.